The van der Waals surface area contributed by atoms with E-state index in [4.69, 9.17) is 9.47 Å². The lowest BCUT2D eigenvalue weighted by atomic mass is 9.53. The molecule has 200 valence electrons. The molecular formula is C30H44O6. The highest BCUT2D eigenvalue weighted by atomic mass is 16.7. The molecular weight excluding hydrogens is 456 g/mol. The summed E-state index contributed by atoms with van der Waals surface area (Å²) in [5.41, 5.74) is 1.16. The second kappa shape index (κ2) is 9.66. The Morgan fingerprint density at radius 2 is 1.64 bits per heavy atom. The second-order valence-corrected chi connectivity index (χ2v) is 12.8. The predicted molar refractivity (Wildman–Crippen MR) is 138 cm³/mol. The van der Waals surface area contributed by atoms with E-state index in [2.05, 4.69) is 27.0 Å². The van der Waals surface area contributed by atoms with Crippen molar-refractivity contribution in [2.75, 3.05) is 0 Å². The number of allylic oxidation sites excluding steroid dienone is 2. The van der Waals surface area contributed by atoms with Crippen molar-refractivity contribution in [2.45, 2.75) is 110 Å². The number of aliphatic hydroxyl groups is 1. The molecule has 4 aliphatic rings. The van der Waals surface area contributed by atoms with Crippen LogP contribution in [0.2, 0.25) is 0 Å². The van der Waals surface area contributed by atoms with Crippen molar-refractivity contribution in [3.05, 3.63) is 35.6 Å². The van der Waals surface area contributed by atoms with Gasteiger partial charge in [-0.25, -0.2) is 9.59 Å². The maximum Gasteiger partial charge on any atom is 0.336 e. The van der Waals surface area contributed by atoms with E-state index in [-0.39, 0.29) is 34.2 Å². The van der Waals surface area contributed by atoms with Gasteiger partial charge in [0.05, 0.1) is 11.4 Å². The molecule has 7 atom stereocenters. The van der Waals surface area contributed by atoms with Crippen LogP contribution in [0.25, 0.3) is 0 Å². The molecule has 0 amide bonds. The molecule has 3 saturated carbocycles. The van der Waals surface area contributed by atoms with Crippen LogP contribution in [0.1, 0.15) is 98.3 Å². The summed E-state index contributed by atoms with van der Waals surface area (Å²) in [6.45, 7) is 16.3. The van der Waals surface area contributed by atoms with Gasteiger partial charge in [-0.15, -0.1) is 0 Å². The van der Waals surface area contributed by atoms with Crippen molar-refractivity contribution in [2.24, 2.45) is 28.6 Å². The first kappa shape index (κ1) is 27.0. The van der Waals surface area contributed by atoms with Crippen LogP contribution >= 0.6 is 0 Å². The number of rotatable bonds is 5. The van der Waals surface area contributed by atoms with E-state index in [9.17, 15) is 19.8 Å². The van der Waals surface area contributed by atoms with Crippen LogP contribution in [-0.2, 0) is 19.1 Å². The third-order valence-corrected chi connectivity index (χ3v) is 10.3. The molecule has 6 heteroatoms. The number of aliphatic carboxylic acids is 1. The number of ether oxygens (including phenoxy) is 2. The third kappa shape index (κ3) is 5.03. The summed E-state index contributed by atoms with van der Waals surface area (Å²) in [7, 11) is 0. The first-order valence-electron chi connectivity index (χ1n) is 13.7. The first-order chi connectivity index (χ1) is 16.8. The van der Waals surface area contributed by atoms with Crippen LogP contribution in [0.15, 0.2) is 35.6 Å². The summed E-state index contributed by atoms with van der Waals surface area (Å²) >= 11 is 0. The van der Waals surface area contributed by atoms with Crippen molar-refractivity contribution < 1.29 is 29.3 Å². The lowest BCUT2D eigenvalue weighted by molar-refractivity contribution is -0.169. The zero-order chi connectivity index (χ0) is 26.5. The molecule has 2 N–H and O–H groups in total. The van der Waals surface area contributed by atoms with Gasteiger partial charge in [0.15, 0.2) is 0 Å². The summed E-state index contributed by atoms with van der Waals surface area (Å²) in [6.07, 6.45) is 8.58. The average Bonchev–Trinajstić information content (AvgIpc) is 2.93. The van der Waals surface area contributed by atoms with Gasteiger partial charge in [-0.2, -0.15) is 0 Å². The maximum atomic E-state index is 13.2. The molecule has 4 rings (SSSR count). The fourth-order valence-corrected chi connectivity index (χ4v) is 7.77. The molecule has 0 spiro atoms. The number of carboxylic acids is 1. The number of esters is 1. The SMILES string of the molecule is C=C(C(=O)O)[C@@H]1CC[C@]2(C)CC[C@H](OC(=O)C(=C)[C@@H]3CC[C@]4(C)CCC[C@@](C)(O)[C@@H]4C3)OC(C)=C2C1. The molecule has 0 aromatic carbocycles. The van der Waals surface area contributed by atoms with E-state index >= 15 is 0 Å². The molecule has 0 radical (unpaired) electrons. The monoisotopic (exact) mass is 500 g/mol. The van der Waals surface area contributed by atoms with E-state index in [0.717, 1.165) is 69.1 Å². The molecule has 0 bridgehead atoms. The smallest absolute Gasteiger partial charge is 0.336 e. The molecule has 0 aromatic heterocycles. The zero-order valence-electron chi connectivity index (χ0n) is 22.5. The second-order valence-electron chi connectivity index (χ2n) is 12.8. The molecule has 1 aliphatic heterocycles. The summed E-state index contributed by atoms with van der Waals surface area (Å²) in [4.78, 5) is 24.6. The minimum Gasteiger partial charge on any atom is -0.478 e. The first-order valence-corrected chi connectivity index (χ1v) is 13.7. The van der Waals surface area contributed by atoms with E-state index in [0.29, 0.717) is 18.4 Å². The highest BCUT2D eigenvalue weighted by Gasteiger charge is 2.51. The summed E-state index contributed by atoms with van der Waals surface area (Å²) in [6, 6.07) is 0. The fourth-order valence-electron chi connectivity index (χ4n) is 7.77. The van der Waals surface area contributed by atoms with Crippen LogP contribution in [0, 0.1) is 28.6 Å². The quantitative estimate of drug-likeness (QED) is 0.340. The van der Waals surface area contributed by atoms with Crippen LogP contribution in [0.5, 0.6) is 0 Å². The Hall–Kier alpha value is -2.08. The Bertz CT molecular complexity index is 976. The molecule has 36 heavy (non-hydrogen) atoms. The number of hydrogen-bond donors (Lipinski definition) is 2. The topological polar surface area (TPSA) is 93.1 Å². The number of carbonyl (C=O) groups is 2. The van der Waals surface area contributed by atoms with Gasteiger partial charge < -0.3 is 19.7 Å². The number of carboxylic acid groups (broad SMARTS) is 1. The van der Waals surface area contributed by atoms with Gasteiger partial charge in [-0.05, 0) is 106 Å². The Morgan fingerprint density at radius 1 is 0.972 bits per heavy atom. The van der Waals surface area contributed by atoms with Gasteiger partial charge in [0.25, 0.3) is 0 Å². The maximum absolute atomic E-state index is 13.2. The normalized spacial score (nSPS) is 40.7. The highest BCUT2D eigenvalue weighted by Crippen LogP contribution is 2.56. The molecule has 0 saturated heterocycles. The van der Waals surface area contributed by atoms with E-state index < -0.39 is 23.8 Å². The largest absolute Gasteiger partial charge is 0.478 e. The molecule has 3 aliphatic carbocycles. The van der Waals surface area contributed by atoms with Gasteiger partial charge in [0.1, 0.15) is 0 Å². The molecule has 6 nitrogen and oxygen atoms in total. The fraction of sp³-hybridized carbons (Fsp3) is 0.733. The Labute approximate surface area is 215 Å². The third-order valence-electron chi connectivity index (χ3n) is 10.3. The number of carbonyl (C=O) groups excluding carboxylic acids is 1. The zero-order valence-corrected chi connectivity index (χ0v) is 22.5. The van der Waals surface area contributed by atoms with Gasteiger partial charge in [-0.3, -0.25) is 0 Å². The number of fused-ring (bicyclic) bond motifs is 2. The standard InChI is InChI=1S/C30H44O6/c1-18(26(31)32)21-8-13-28(4)15-10-25(35-20(3)23(28)16-21)36-27(33)19(2)22-9-14-29(5)11-7-12-30(6,34)24(29)17-22/h21-22,24-25,34H,1-2,7-17H2,3-6H3,(H,31,32)/t21-,22-,24-,25+,28-,29+,30-/m1/s1. The Kier molecular flexibility index (Phi) is 7.24. The molecule has 0 unspecified atom stereocenters. The van der Waals surface area contributed by atoms with Gasteiger partial charge in [-0.1, -0.05) is 33.4 Å². The lowest BCUT2D eigenvalue weighted by Gasteiger charge is -2.54. The Morgan fingerprint density at radius 3 is 2.33 bits per heavy atom. The van der Waals surface area contributed by atoms with E-state index in [1.165, 1.54) is 0 Å². The van der Waals surface area contributed by atoms with Crippen LogP contribution in [0.4, 0.5) is 0 Å². The lowest BCUT2D eigenvalue weighted by Crippen LogP contribution is -2.51. The summed E-state index contributed by atoms with van der Waals surface area (Å²) in [5, 5.41) is 20.5. The van der Waals surface area contributed by atoms with E-state index in [1.54, 1.807) is 0 Å². The van der Waals surface area contributed by atoms with Gasteiger partial charge in [0.2, 0.25) is 6.29 Å². The van der Waals surface area contributed by atoms with E-state index in [1.807, 2.05) is 13.8 Å². The average molecular weight is 501 g/mol. The van der Waals surface area contributed by atoms with Crippen LogP contribution < -0.4 is 0 Å². The molecule has 3 fully saturated rings. The van der Waals surface area contributed by atoms with Crippen LogP contribution in [0.3, 0.4) is 0 Å². The predicted octanol–water partition coefficient (Wildman–Crippen LogP) is 6.30. The van der Waals surface area contributed by atoms with Crippen molar-refractivity contribution in [1.82, 2.24) is 0 Å². The van der Waals surface area contributed by atoms with Crippen molar-refractivity contribution >= 4 is 11.9 Å². The minimum atomic E-state index is -0.945. The van der Waals surface area contributed by atoms with Crippen molar-refractivity contribution in [3.63, 3.8) is 0 Å². The summed E-state index contributed by atoms with van der Waals surface area (Å²) in [5.74, 6) is -0.563. The summed E-state index contributed by atoms with van der Waals surface area (Å²) < 4.78 is 12.0. The van der Waals surface area contributed by atoms with Crippen LogP contribution in [-0.4, -0.2) is 34.0 Å². The minimum absolute atomic E-state index is 0.00765. The molecule has 1 heterocycles. The highest BCUT2D eigenvalue weighted by molar-refractivity contribution is 5.88. The van der Waals surface area contributed by atoms with Crippen molar-refractivity contribution in [3.8, 4) is 0 Å². The van der Waals surface area contributed by atoms with Crippen molar-refractivity contribution in [1.29, 1.82) is 0 Å². The van der Waals surface area contributed by atoms with Gasteiger partial charge >= 0.3 is 11.9 Å². The Balaban J connectivity index is 1.41. The molecule has 0 aromatic rings. The van der Waals surface area contributed by atoms with Gasteiger partial charge in [0, 0.05) is 17.6 Å². The number of hydrogen-bond acceptors (Lipinski definition) is 5.